The molecule has 5 nitrogen and oxygen atoms in total. The largest absolute Gasteiger partial charge is 0.315 e. The van der Waals surface area contributed by atoms with Gasteiger partial charge < -0.3 is 5.32 Å². The van der Waals surface area contributed by atoms with Crippen molar-refractivity contribution in [3.8, 4) is 0 Å². The van der Waals surface area contributed by atoms with Crippen LogP contribution in [0.2, 0.25) is 0 Å². The van der Waals surface area contributed by atoms with Gasteiger partial charge in [-0.2, -0.15) is 0 Å². The minimum Gasteiger partial charge on any atom is -0.315 e. The summed E-state index contributed by atoms with van der Waals surface area (Å²) in [6, 6.07) is 6.22. The van der Waals surface area contributed by atoms with Crippen LogP contribution in [0, 0.1) is 17.0 Å². The average Bonchev–Trinajstić information content (AvgIpc) is 3.07. The standard InChI is InChI=1S/C16H23N3O2/c1-12-10-13(4-5-15(12)19(20)21)16(2)7-3-9-18(16)14-6-8-17-11-14/h4-5,10,14,17H,3,6-9,11H2,1-2H3/t14-,16-/m1/s1. The molecule has 0 spiro atoms. The second-order valence-corrected chi connectivity index (χ2v) is 6.48. The molecule has 2 aliphatic heterocycles. The molecule has 3 rings (SSSR count). The van der Waals surface area contributed by atoms with Crippen LogP contribution in [0.1, 0.15) is 37.3 Å². The van der Waals surface area contributed by atoms with Crippen molar-refractivity contribution in [1.29, 1.82) is 0 Å². The van der Waals surface area contributed by atoms with Crippen LogP contribution in [0.4, 0.5) is 5.69 Å². The van der Waals surface area contributed by atoms with E-state index in [1.165, 1.54) is 18.4 Å². The van der Waals surface area contributed by atoms with Gasteiger partial charge in [0.1, 0.15) is 0 Å². The van der Waals surface area contributed by atoms with Gasteiger partial charge in [-0.25, -0.2) is 0 Å². The number of hydrogen-bond donors (Lipinski definition) is 1. The summed E-state index contributed by atoms with van der Waals surface area (Å²) in [5.41, 5.74) is 2.20. The van der Waals surface area contributed by atoms with Crippen LogP contribution in [0.3, 0.4) is 0 Å². The zero-order chi connectivity index (χ0) is 15.0. The Labute approximate surface area is 125 Å². The quantitative estimate of drug-likeness (QED) is 0.686. The van der Waals surface area contributed by atoms with Gasteiger partial charge in [0.15, 0.2) is 0 Å². The predicted molar refractivity (Wildman–Crippen MR) is 82.4 cm³/mol. The molecule has 0 radical (unpaired) electrons. The van der Waals surface area contributed by atoms with E-state index in [0.717, 1.165) is 31.6 Å². The third kappa shape index (κ3) is 2.45. The maximum Gasteiger partial charge on any atom is 0.272 e. The summed E-state index contributed by atoms with van der Waals surface area (Å²) in [6.07, 6.45) is 3.52. The fraction of sp³-hybridized carbons (Fsp3) is 0.625. The Morgan fingerprint density at radius 3 is 2.90 bits per heavy atom. The van der Waals surface area contributed by atoms with Gasteiger partial charge >= 0.3 is 0 Å². The summed E-state index contributed by atoms with van der Waals surface area (Å²) in [5.74, 6) is 0. The van der Waals surface area contributed by atoms with Crippen LogP contribution < -0.4 is 5.32 Å². The summed E-state index contributed by atoms with van der Waals surface area (Å²) >= 11 is 0. The molecule has 1 aromatic carbocycles. The van der Waals surface area contributed by atoms with Crippen molar-refractivity contribution in [3.63, 3.8) is 0 Å². The Morgan fingerprint density at radius 2 is 2.29 bits per heavy atom. The Kier molecular flexibility index (Phi) is 3.71. The van der Waals surface area contributed by atoms with Crippen molar-refractivity contribution in [2.75, 3.05) is 19.6 Å². The van der Waals surface area contributed by atoms with Crippen LogP contribution in [-0.4, -0.2) is 35.5 Å². The Hall–Kier alpha value is -1.46. The van der Waals surface area contributed by atoms with Gasteiger partial charge in [-0.05, 0) is 57.8 Å². The summed E-state index contributed by atoms with van der Waals surface area (Å²) in [4.78, 5) is 13.3. The van der Waals surface area contributed by atoms with Crippen molar-refractivity contribution < 1.29 is 4.92 Å². The molecular weight excluding hydrogens is 266 g/mol. The minimum absolute atomic E-state index is 0.0105. The number of nitro groups is 1. The fourth-order valence-corrected chi connectivity index (χ4v) is 3.98. The first kappa shape index (κ1) is 14.5. The van der Waals surface area contributed by atoms with Gasteiger partial charge in [0, 0.05) is 29.8 Å². The van der Waals surface area contributed by atoms with E-state index in [9.17, 15) is 10.1 Å². The smallest absolute Gasteiger partial charge is 0.272 e. The lowest BCUT2D eigenvalue weighted by Crippen LogP contribution is -2.46. The van der Waals surface area contributed by atoms with E-state index in [4.69, 9.17) is 0 Å². The first-order valence-electron chi connectivity index (χ1n) is 7.75. The number of likely N-dealkylation sites (tertiary alicyclic amines) is 1. The monoisotopic (exact) mass is 289 g/mol. The van der Waals surface area contributed by atoms with Crippen molar-refractivity contribution in [3.05, 3.63) is 39.4 Å². The van der Waals surface area contributed by atoms with E-state index in [1.807, 2.05) is 19.1 Å². The molecule has 0 saturated carbocycles. The Balaban J connectivity index is 1.93. The van der Waals surface area contributed by atoms with E-state index in [-0.39, 0.29) is 16.1 Å². The highest BCUT2D eigenvalue weighted by atomic mass is 16.6. The molecule has 2 heterocycles. The summed E-state index contributed by atoms with van der Waals surface area (Å²) < 4.78 is 0. The first-order chi connectivity index (χ1) is 10.0. The second-order valence-electron chi connectivity index (χ2n) is 6.48. The molecule has 2 aliphatic rings. The number of hydrogen-bond acceptors (Lipinski definition) is 4. The predicted octanol–water partition coefficient (Wildman–Crippen LogP) is 2.58. The van der Waals surface area contributed by atoms with E-state index in [0.29, 0.717) is 6.04 Å². The van der Waals surface area contributed by atoms with Gasteiger partial charge in [-0.3, -0.25) is 15.0 Å². The lowest BCUT2D eigenvalue weighted by molar-refractivity contribution is -0.385. The molecule has 0 amide bonds. The van der Waals surface area contributed by atoms with Gasteiger partial charge in [-0.15, -0.1) is 0 Å². The van der Waals surface area contributed by atoms with E-state index < -0.39 is 0 Å². The van der Waals surface area contributed by atoms with Gasteiger partial charge in [-0.1, -0.05) is 6.07 Å². The van der Waals surface area contributed by atoms with Crippen molar-refractivity contribution in [2.45, 2.75) is 44.7 Å². The topological polar surface area (TPSA) is 58.4 Å². The Bertz CT molecular complexity index is 554. The molecule has 114 valence electrons. The van der Waals surface area contributed by atoms with Crippen LogP contribution in [0.15, 0.2) is 18.2 Å². The van der Waals surface area contributed by atoms with E-state index in [1.54, 1.807) is 6.07 Å². The number of benzene rings is 1. The molecular formula is C16H23N3O2. The van der Waals surface area contributed by atoms with Gasteiger partial charge in [0.05, 0.1) is 4.92 Å². The highest BCUT2D eigenvalue weighted by Crippen LogP contribution is 2.41. The van der Waals surface area contributed by atoms with Crippen LogP contribution in [0.5, 0.6) is 0 Å². The molecule has 0 unspecified atom stereocenters. The highest BCUT2D eigenvalue weighted by Gasteiger charge is 2.42. The second kappa shape index (κ2) is 5.39. The molecule has 21 heavy (non-hydrogen) atoms. The van der Waals surface area contributed by atoms with Crippen LogP contribution >= 0.6 is 0 Å². The normalized spacial score (nSPS) is 29.9. The molecule has 0 aliphatic carbocycles. The van der Waals surface area contributed by atoms with Gasteiger partial charge in [0.2, 0.25) is 0 Å². The summed E-state index contributed by atoms with van der Waals surface area (Å²) in [6.45, 7) is 7.40. The molecule has 1 aromatic rings. The third-order valence-corrected chi connectivity index (χ3v) is 5.19. The fourth-order valence-electron chi connectivity index (χ4n) is 3.98. The van der Waals surface area contributed by atoms with Crippen molar-refractivity contribution in [1.82, 2.24) is 10.2 Å². The third-order valence-electron chi connectivity index (χ3n) is 5.19. The zero-order valence-electron chi connectivity index (χ0n) is 12.8. The average molecular weight is 289 g/mol. The SMILES string of the molecule is Cc1cc([C@@]2(C)CCCN2[C@@H]2CCNC2)ccc1[N+](=O)[O-]. The van der Waals surface area contributed by atoms with Gasteiger partial charge in [0.25, 0.3) is 5.69 Å². The molecule has 1 N–H and O–H groups in total. The zero-order valence-corrected chi connectivity index (χ0v) is 12.8. The number of nitrogens with one attached hydrogen (secondary N) is 1. The highest BCUT2D eigenvalue weighted by molar-refractivity contribution is 5.44. The minimum atomic E-state index is -0.297. The van der Waals surface area contributed by atoms with E-state index >= 15 is 0 Å². The molecule has 0 bridgehead atoms. The number of rotatable bonds is 3. The lowest BCUT2D eigenvalue weighted by atomic mass is 9.87. The summed E-state index contributed by atoms with van der Waals surface area (Å²) in [5, 5.41) is 14.4. The number of aryl methyl sites for hydroxylation is 1. The number of nitro benzene ring substituents is 1. The maximum atomic E-state index is 11.0. The van der Waals surface area contributed by atoms with Crippen LogP contribution in [0.25, 0.3) is 0 Å². The van der Waals surface area contributed by atoms with Crippen molar-refractivity contribution in [2.24, 2.45) is 0 Å². The molecule has 0 aromatic heterocycles. The maximum absolute atomic E-state index is 11.0. The van der Waals surface area contributed by atoms with Crippen LogP contribution in [-0.2, 0) is 5.54 Å². The number of nitrogens with zero attached hydrogens (tertiary/aromatic N) is 2. The Morgan fingerprint density at radius 1 is 1.48 bits per heavy atom. The first-order valence-corrected chi connectivity index (χ1v) is 7.75. The molecule has 2 saturated heterocycles. The molecule has 2 atom stereocenters. The van der Waals surface area contributed by atoms with E-state index in [2.05, 4.69) is 17.1 Å². The molecule has 5 heteroatoms. The molecule has 2 fully saturated rings. The lowest BCUT2D eigenvalue weighted by Gasteiger charge is -2.40. The van der Waals surface area contributed by atoms with Crippen molar-refractivity contribution >= 4 is 5.69 Å². The summed E-state index contributed by atoms with van der Waals surface area (Å²) in [7, 11) is 0.